The van der Waals surface area contributed by atoms with Crippen LogP contribution in [0.5, 0.6) is 0 Å². The van der Waals surface area contributed by atoms with Gasteiger partial charge in [-0.05, 0) is 55.7 Å². The maximum absolute atomic E-state index is 12.8. The lowest BCUT2D eigenvalue weighted by Crippen LogP contribution is -2.12. The van der Waals surface area contributed by atoms with Gasteiger partial charge in [0.25, 0.3) is 5.91 Å². The number of hydrogen-bond acceptors (Lipinski definition) is 4. The van der Waals surface area contributed by atoms with Crippen molar-refractivity contribution in [2.24, 2.45) is 0 Å². The molecule has 1 amide bonds. The van der Waals surface area contributed by atoms with Crippen LogP contribution in [0, 0.1) is 6.92 Å². The Labute approximate surface area is 194 Å². The van der Waals surface area contributed by atoms with Crippen molar-refractivity contribution in [3.63, 3.8) is 0 Å². The average molecular weight is 437 g/mol. The minimum Gasteiger partial charge on any atom is -0.340 e. The first-order valence-corrected chi connectivity index (χ1v) is 11.3. The van der Waals surface area contributed by atoms with Crippen LogP contribution in [0.1, 0.15) is 41.5 Å². The number of unbranched alkanes of at least 4 members (excludes halogenated alkanes) is 1. The quantitative estimate of drug-likeness (QED) is 0.319. The van der Waals surface area contributed by atoms with Gasteiger partial charge in [0.1, 0.15) is 11.6 Å². The molecule has 3 aromatic carbocycles. The first kappa shape index (κ1) is 22.2. The van der Waals surface area contributed by atoms with Crippen molar-refractivity contribution in [2.45, 2.75) is 33.1 Å². The van der Waals surface area contributed by atoms with Crippen LogP contribution in [0.15, 0.2) is 84.9 Å². The van der Waals surface area contributed by atoms with Crippen LogP contribution in [0.3, 0.4) is 0 Å². The van der Waals surface area contributed by atoms with Crippen LogP contribution in [0.25, 0.3) is 11.3 Å². The number of carbonyl (C=O) groups is 1. The van der Waals surface area contributed by atoms with Gasteiger partial charge in [-0.15, -0.1) is 0 Å². The monoisotopic (exact) mass is 436 g/mol. The highest BCUT2D eigenvalue weighted by Crippen LogP contribution is 2.23. The lowest BCUT2D eigenvalue weighted by Gasteiger charge is -2.11. The maximum atomic E-state index is 12.8. The van der Waals surface area contributed by atoms with Gasteiger partial charge >= 0.3 is 0 Å². The molecule has 4 rings (SSSR count). The molecule has 0 saturated heterocycles. The number of rotatable bonds is 8. The van der Waals surface area contributed by atoms with Crippen molar-refractivity contribution >= 4 is 23.1 Å². The molecule has 0 atom stereocenters. The topological polar surface area (TPSA) is 66.9 Å². The van der Waals surface area contributed by atoms with Crippen LogP contribution in [-0.4, -0.2) is 15.9 Å². The zero-order chi connectivity index (χ0) is 23.0. The van der Waals surface area contributed by atoms with Gasteiger partial charge in [-0.3, -0.25) is 4.79 Å². The molecule has 0 bridgehead atoms. The Bertz CT molecular complexity index is 1220. The van der Waals surface area contributed by atoms with E-state index in [9.17, 15) is 4.79 Å². The molecule has 2 N–H and O–H groups in total. The molecule has 1 heterocycles. The summed E-state index contributed by atoms with van der Waals surface area (Å²) in [5, 5.41) is 6.29. The third-order valence-corrected chi connectivity index (χ3v) is 5.34. The van der Waals surface area contributed by atoms with Gasteiger partial charge in [-0.25, -0.2) is 9.97 Å². The summed E-state index contributed by atoms with van der Waals surface area (Å²) in [6.45, 7) is 4.06. The molecule has 0 spiro atoms. The van der Waals surface area contributed by atoms with Crippen molar-refractivity contribution in [1.82, 2.24) is 9.97 Å². The summed E-state index contributed by atoms with van der Waals surface area (Å²) in [4.78, 5) is 21.9. The van der Waals surface area contributed by atoms with E-state index >= 15 is 0 Å². The molecular weight excluding hydrogens is 408 g/mol. The van der Waals surface area contributed by atoms with Gasteiger partial charge in [0.2, 0.25) is 0 Å². The molecule has 1 aromatic heterocycles. The second-order valence-corrected chi connectivity index (χ2v) is 8.01. The van der Waals surface area contributed by atoms with Crippen LogP contribution in [0.2, 0.25) is 0 Å². The summed E-state index contributed by atoms with van der Waals surface area (Å²) in [7, 11) is 0. The average Bonchev–Trinajstić information content (AvgIpc) is 2.84. The number of amides is 1. The highest BCUT2D eigenvalue weighted by atomic mass is 16.1. The SMILES string of the molecule is CCCCc1ccc(NC(=O)c2cccc(Nc3cc(-c4ccccc4)nc(C)n3)c2)cc1. The largest absolute Gasteiger partial charge is 0.340 e. The number of benzene rings is 3. The summed E-state index contributed by atoms with van der Waals surface area (Å²) < 4.78 is 0. The minimum atomic E-state index is -0.149. The fourth-order valence-corrected chi connectivity index (χ4v) is 3.61. The highest BCUT2D eigenvalue weighted by Gasteiger charge is 2.09. The zero-order valence-electron chi connectivity index (χ0n) is 19.0. The number of anilines is 3. The molecule has 0 saturated carbocycles. The molecule has 0 fully saturated rings. The summed E-state index contributed by atoms with van der Waals surface area (Å²) >= 11 is 0. The number of hydrogen-bond donors (Lipinski definition) is 2. The standard InChI is InChI=1S/C28H28N4O/c1-3-4-9-21-14-16-24(17-15-21)32-28(33)23-12-8-13-25(18-23)31-27-19-26(29-20(2)30-27)22-10-6-5-7-11-22/h5-8,10-19H,3-4,9H2,1-2H3,(H,32,33)(H,29,30,31). The molecule has 33 heavy (non-hydrogen) atoms. The number of carbonyl (C=O) groups excluding carboxylic acids is 1. The fraction of sp³-hybridized carbons (Fsp3) is 0.179. The van der Waals surface area contributed by atoms with E-state index in [1.807, 2.05) is 73.7 Å². The molecule has 0 unspecified atom stereocenters. The first-order valence-electron chi connectivity index (χ1n) is 11.3. The Morgan fingerprint density at radius 2 is 1.64 bits per heavy atom. The molecule has 0 aliphatic rings. The van der Waals surface area contributed by atoms with Gasteiger partial charge in [0.05, 0.1) is 5.69 Å². The highest BCUT2D eigenvalue weighted by molar-refractivity contribution is 6.04. The molecule has 166 valence electrons. The Hall–Kier alpha value is -3.99. The predicted octanol–water partition coefficient (Wildman–Crippen LogP) is 6.79. The van der Waals surface area contributed by atoms with E-state index in [2.05, 4.69) is 39.7 Å². The number of nitrogens with one attached hydrogen (secondary N) is 2. The molecule has 0 aliphatic heterocycles. The summed E-state index contributed by atoms with van der Waals surface area (Å²) in [6, 6.07) is 27.4. The Balaban J connectivity index is 1.47. The third kappa shape index (κ3) is 6.04. The smallest absolute Gasteiger partial charge is 0.255 e. The van der Waals surface area contributed by atoms with Crippen molar-refractivity contribution in [2.75, 3.05) is 10.6 Å². The third-order valence-electron chi connectivity index (χ3n) is 5.34. The Kier molecular flexibility index (Phi) is 7.10. The van der Waals surface area contributed by atoms with Gasteiger partial charge in [-0.1, -0.05) is 61.9 Å². The van der Waals surface area contributed by atoms with E-state index in [4.69, 9.17) is 0 Å². The van der Waals surface area contributed by atoms with Gasteiger partial charge in [0, 0.05) is 28.6 Å². The van der Waals surface area contributed by atoms with Crippen molar-refractivity contribution in [1.29, 1.82) is 0 Å². The van der Waals surface area contributed by atoms with E-state index in [1.165, 1.54) is 18.4 Å². The van der Waals surface area contributed by atoms with Crippen molar-refractivity contribution in [3.8, 4) is 11.3 Å². The predicted molar refractivity (Wildman–Crippen MR) is 135 cm³/mol. The van der Waals surface area contributed by atoms with Crippen molar-refractivity contribution < 1.29 is 4.79 Å². The van der Waals surface area contributed by atoms with E-state index < -0.39 is 0 Å². The Morgan fingerprint density at radius 1 is 0.848 bits per heavy atom. The normalized spacial score (nSPS) is 10.6. The van der Waals surface area contributed by atoms with Gasteiger partial charge in [-0.2, -0.15) is 0 Å². The molecule has 0 aliphatic carbocycles. The summed E-state index contributed by atoms with van der Waals surface area (Å²) in [5.41, 5.74) is 5.31. The number of aryl methyl sites for hydroxylation is 2. The maximum Gasteiger partial charge on any atom is 0.255 e. The summed E-state index contributed by atoms with van der Waals surface area (Å²) in [6.07, 6.45) is 3.40. The van der Waals surface area contributed by atoms with Crippen LogP contribution in [0.4, 0.5) is 17.2 Å². The molecule has 0 radical (unpaired) electrons. The number of nitrogens with zero attached hydrogens (tertiary/aromatic N) is 2. The van der Waals surface area contributed by atoms with E-state index in [-0.39, 0.29) is 5.91 Å². The lowest BCUT2D eigenvalue weighted by atomic mass is 10.1. The van der Waals surface area contributed by atoms with Crippen LogP contribution >= 0.6 is 0 Å². The van der Waals surface area contributed by atoms with Crippen LogP contribution in [-0.2, 0) is 6.42 Å². The van der Waals surface area contributed by atoms with Gasteiger partial charge < -0.3 is 10.6 Å². The van der Waals surface area contributed by atoms with Crippen LogP contribution < -0.4 is 10.6 Å². The molecule has 5 nitrogen and oxygen atoms in total. The summed E-state index contributed by atoms with van der Waals surface area (Å²) in [5.74, 6) is 1.21. The molecule has 5 heteroatoms. The second-order valence-electron chi connectivity index (χ2n) is 8.01. The van der Waals surface area contributed by atoms with Gasteiger partial charge in [0.15, 0.2) is 0 Å². The molecule has 4 aromatic rings. The number of aromatic nitrogens is 2. The molecular formula is C28H28N4O. The van der Waals surface area contributed by atoms with E-state index in [0.717, 1.165) is 29.1 Å². The fourth-order valence-electron chi connectivity index (χ4n) is 3.61. The minimum absolute atomic E-state index is 0.149. The Morgan fingerprint density at radius 3 is 2.39 bits per heavy atom. The van der Waals surface area contributed by atoms with Crippen molar-refractivity contribution in [3.05, 3.63) is 102 Å². The zero-order valence-corrected chi connectivity index (χ0v) is 19.0. The second kappa shape index (κ2) is 10.6. The first-order chi connectivity index (χ1) is 16.1. The van der Waals surface area contributed by atoms with E-state index in [0.29, 0.717) is 17.2 Å². The lowest BCUT2D eigenvalue weighted by molar-refractivity contribution is 0.102. The van der Waals surface area contributed by atoms with E-state index in [1.54, 1.807) is 6.07 Å².